The van der Waals surface area contributed by atoms with Crippen molar-refractivity contribution < 1.29 is 0 Å². The minimum absolute atomic E-state index is 0. The first-order chi connectivity index (χ1) is 6.70. The molecule has 3 N–H and O–H groups in total. The van der Waals surface area contributed by atoms with E-state index in [0.29, 0.717) is 0 Å². The highest BCUT2D eigenvalue weighted by Crippen LogP contribution is 2.21. The first kappa shape index (κ1) is 18.7. The molecule has 1 saturated carbocycles. The maximum atomic E-state index is 7.11. The number of halogens is 2. The SMILES string of the molecule is CN(CCSC(=N)N)C1CCCCC1.Cl.Cl. The summed E-state index contributed by atoms with van der Waals surface area (Å²) in [6.45, 7) is 1.05. The van der Waals surface area contributed by atoms with Crippen LogP contribution in [0.3, 0.4) is 0 Å². The molecule has 0 unspecified atom stereocenters. The van der Waals surface area contributed by atoms with Crippen molar-refractivity contribution in [2.24, 2.45) is 5.73 Å². The summed E-state index contributed by atoms with van der Waals surface area (Å²) in [6, 6.07) is 0.774. The van der Waals surface area contributed by atoms with Crippen LogP contribution in [0.5, 0.6) is 0 Å². The van der Waals surface area contributed by atoms with Crippen LogP contribution in [0.1, 0.15) is 32.1 Å². The Morgan fingerprint density at radius 3 is 2.38 bits per heavy atom. The largest absolute Gasteiger partial charge is 0.379 e. The summed E-state index contributed by atoms with van der Waals surface area (Å²) in [6.07, 6.45) is 6.87. The van der Waals surface area contributed by atoms with Gasteiger partial charge in [0.2, 0.25) is 0 Å². The average molecular weight is 288 g/mol. The van der Waals surface area contributed by atoms with Crippen LogP contribution in [-0.4, -0.2) is 35.5 Å². The van der Waals surface area contributed by atoms with Gasteiger partial charge in [-0.1, -0.05) is 31.0 Å². The first-order valence-electron chi connectivity index (χ1n) is 5.37. The maximum Gasteiger partial charge on any atom is 0.151 e. The Morgan fingerprint density at radius 1 is 1.31 bits per heavy atom. The summed E-state index contributed by atoms with van der Waals surface area (Å²) in [7, 11) is 2.19. The normalized spacial score (nSPS) is 16.4. The molecule has 6 heteroatoms. The Balaban J connectivity index is 0. The summed E-state index contributed by atoms with van der Waals surface area (Å²) >= 11 is 1.44. The Morgan fingerprint density at radius 2 is 1.88 bits per heavy atom. The lowest BCUT2D eigenvalue weighted by Crippen LogP contribution is -2.35. The van der Waals surface area contributed by atoms with E-state index in [4.69, 9.17) is 11.1 Å². The summed E-state index contributed by atoms with van der Waals surface area (Å²) < 4.78 is 0. The van der Waals surface area contributed by atoms with Gasteiger partial charge in [0.05, 0.1) is 0 Å². The molecular weight excluding hydrogens is 265 g/mol. The fourth-order valence-electron chi connectivity index (χ4n) is 2.00. The molecule has 16 heavy (non-hydrogen) atoms. The van der Waals surface area contributed by atoms with Crippen LogP contribution in [0.25, 0.3) is 0 Å². The predicted molar refractivity (Wildman–Crippen MR) is 78.4 cm³/mol. The van der Waals surface area contributed by atoms with Gasteiger partial charge in [0, 0.05) is 18.3 Å². The summed E-state index contributed by atoms with van der Waals surface area (Å²) in [4.78, 5) is 2.43. The molecule has 3 nitrogen and oxygen atoms in total. The van der Waals surface area contributed by atoms with Crippen LogP contribution in [0.2, 0.25) is 0 Å². The zero-order chi connectivity index (χ0) is 10.4. The molecule has 1 fully saturated rings. The summed E-state index contributed by atoms with van der Waals surface area (Å²) in [5, 5.41) is 7.34. The molecule has 0 spiro atoms. The molecule has 98 valence electrons. The van der Waals surface area contributed by atoms with Crippen molar-refractivity contribution in [2.75, 3.05) is 19.3 Å². The number of hydrogen-bond acceptors (Lipinski definition) is 3. The van der Waals surface area contributed by atoms with Gasteiger partial charge in [-0.2, -0.15) is 0 Å². The molecule has 0 radical (unpaired) electrons. The van der Waals surface area contributed by atoms with Crippen LogP contribution in [-0.2, 0) is 0 Å². The van der Waals surface area contributed by atoms with E-state index in [1.807, 2.05) is 0 Å². The van der Waals surface area contributed by atoms with Gasteiger partial charge in [-0.05, 0) is 19.9 Å². The van der Waals surface area contributed by atoms with Crippen molar-refractivity contribution in [3.8, 4) is 0 Å². The van der Waals surface area contributed by atoms with E-state index in [0.717, 1.165) is 18.3 Å². The van der Waals surface area contributed by atoms with Crippen molar-refractivity contribution >= 4 is 41.7 Å². The first-order valence-corrected chi connectivity index (χ1v) is 6.36. The van der Waals surface area contributed by atoms with E-state index in [9.17, 15) is 0 Å². The number of thioether (sulfide) groups is 1. The summed E-state index contributed by atoms with van der Waals surface area (Å²) in [5.41, 5.74) is 5.28. The molecule has 0 aliphatic heterocycles. The molecule has 1 aliphatic rings. The smallest absolute Gasteiger partial charge is 0.151 e. The van der Waals surface area contributed by atoms with Gasteiger partial charge in [0.25, 0.3) is 0 Å². The predicted octanol–water partition coefficient (Wildman–Crippen LogP) is 2.72. The number of rotatable bonds is 4. The van der Waals surface area contributed by atoms with Crippen LogP contribution in [0.4, 0.5) is 0 Å². The number of nitrogens with two attached hydrogens (primary N) is 1. The standard InChI is InChI=1S/C10H21N3S.2ClH/c1-13(7-8-14-10(11)12)9-5-3-2-4-6-9;;/h9H,2-8H2,1H3,(H3,11,12);2*1H. The van der Waals surface area contributed by atoms with Crippen molar-refractivity contribution in [3.63, 3.8) is 0 Å². The van der Waals surface area contributed by atoms with E-state index in [1.165, 1.54) is 43.9 Å². The Labute approximate surface area is 115 Å². The van der Waals surface area contributed by atoms with E-state index in [1.54, 1.807) is 0 Å². The summed E-state index contributed by atoms with van der Waals surface area (Å²) in [5.74, 6) is 0.947. The van der Waals surface area contributed by atoms with Gasteiger partial charge in [0.15, 0.2) is 5.17 Å². The molecule has 0 atom stereocenters. The van der Waals surface area contributed by atoms with Crippen molar-refractivity contribution in [3.05, 3.63) is 0 Å². The van der Waals surface area contributed by atoms with E-state index >= 15 is 0 Å². The topological polar surface area (TPSA) is 53.1 Å². The second kappa shape index (κ2) is 10.5. The zero-order valence-electron chi connectivity index (χ0n) is 9.78. The second-order valence-electron chi connectivity index (χ2n) is 3.99. The van der Waals surface area contributed by atoms with Crippen LogP contribution in [0, 0.1) is 5.41 Å². The minimum Gasteiger partial charge on any atom is -0.379 e. The molecule has 0 aromatic carbocycles. The maximum absolute atomic E-state index is 7.11. The molecule has 0 amide bonds. The zero-order valence-corrected chi connectivity index (χ0v) is 12.2. The second-order valence-corrected chi connectivity index (χ2v) is 5.12. The molecule has 1 aliphatic carbocycles. The van der Waals surface area contributed by atoms with Gasteiger partial charge < -0.3 is 10.6 Å². The lowest BCUT2D eigenvalue weighted by Gasteiger charge is -2.30. The number of nitrogens with one attached hydrogen (secondary N) is 1. The van der Waals surface area contributed by atoms with E-state index in [-0.39, 0.29) is 30.0 Å². The molecular formula is C10H23Cl2N3S. The fraction of sp³-hybridized carbons (Fsp3) is 0.900. The minimum atomic E-state index is 0. The van der Waals surface area contributed by atoms with Crippen molar-refractivity contribution in [1.82, 2.24) is 4.90 Å². The highest BCUT2D eigenvalue weighted by Gasteiger charge is 2.17. The van der Waals surface area contributed by atoms with Crippen LogP contribution in [0.15, 0.2) is 0 Å². The molecule has 0 bridgehead atoms. The van der Waals surface area contributed by atoms with Gasteiger partial charge in [-0.15, -0.1) is 24.8 Å². The van der Waals surface area contributed by atoms with E-state index < -0.39 is 0 Å². The van der Waals surface area contributed by atoms with Crippen LogP contribution < -0.4 is 5.73 Å². The molecule has 0 saturated heterocycles. The Kier molecular flexibility index (Phi) is 12.3. The molecule has 0 aromatic heterocycles. The molecule has 0 heterocycles. The van der Waals surface area contributed by atoms with Gasteiger partial charge in [-0.25, -0.2) is 0 Å². The lowest BCUT2D eigenvalue weighted by molar-refractivity contribution is 0.202. The third-order valence-corrected chi connectivity index (χ3v) is 3.60. The lowest BCUT2D eigenvalue weighted by atomic mass is 9.94. The van der Waals surface area contributed by atoms with Gasteiger partial charge >= 0.3 is 0 Å². The van der Waals surface area contributed by atoms with Crippen molar-refractivity contribution in [2.45, 2.75) is 38.1 Å². The number of hydrogen-bond donors (Lipinski definition) is 2. The van der Waals surface area contributed by atoms with E-state index in [2.05, 4.69) is 11.9 Å². The third-order valence-electron chi connectivity index (χ3n) is 2.90. The van der Waals surface area contributed by atoms with Crippen molar-refractivity contribution in [1.29, 1.82) is 5.41 Å². The van der Waals surface area contributed by atoms with Crippen LogP contribution >= 0.6 is 36.6 Å². The molecule has 1 rings (SSSR count). The van der Waals surface area contributed by atoms with Gasteiger partial charge in [0.1, 0.15) is 0 Å². The van der Waals surface area contributed by atoms with Gasteiger partial charge in [-0.3, -0.25) is 5.41 Å². The Hall–Kier alpha value is 0.360. The Bertz CT molecular complexity index is 187. The quantitative estimate of drug-likeness (QED) is 0.618. The highest BCUT2D eigenvalue weighted by molar-refractivity contribution is 8.13. The monoisotopic (exact) mass is 287 g/mol. The average Bonchev–Trinajstić information content (AvgIpc) is 2.18. The highest BCUT2D eigenvalue weighted by atomic mass is 35.5. The fourth-order valence-corrected chi connectivity index (χ4v) is 2.60. The molecule has 0 aromatic rings. The number of nitrogens with zero attached hydrogens (tertiary/aromatic N) is 1. The third kappa shape index (κ3) is 7.60. The number of amidine groups is 1.